The number of carbonyl (C=O) groups excluding carboxylic acids is 1. The molecule has 2 heteroatoms. The second-order valence-corrected chi connectivity index (χ2v) is 8.57. The molecule has 2 nitrogen and oxygen atoms in total. The van der Waals surface area contributed by atoms with Crippen LogP contribution in [0, 0.1) is 29.1 Å². The van der Waals surface area contributed by atoms with Crippen LogP contribution in [0.4, 0.5) is 0 Å². The first-order valence-corrected chi connectivity index (χ1v) is 8.88. The molecule has 0 aliphatic heterocycles. The van der Waals surface area contributed by atoms with Crippen molar-refractivity contribution in [3.8, 4) is 0 Å². The Morgan fingerprint density at radius 1 is 1.05 bits per heavy atom. The van der Waals surface area contributed by atoms with E-state index in [1.165, 1.54) is 31.3 Å². The molecule has 3 fully saturated rings. The van der Waals surface area contributed by atoms with Crippen molar-refractivity contribution in [3.63, 3.8) is 0 Å². The highest BCUT2D eigenvalue weighted by atomic mass is 16.3. The molecule has 0 bridgehead atoms. The minimum atomic E-state index is -0.471. The van der Waals surface area contributed by atoms with E-state index in [0.717, 1.165) is 37.5 Å². The third-order valence-electron chi connectivity index (χ3n) is 7.86. The SMILES string of the molecule is C[C@]1(O)CC[C@H]2[C@H]3CCC4=CC(=O)CC[C@H]4[C@@H]3CC[C@@]21C. The zero-order valence-corrected chi connectivity index (χ0v) is 13.4. The third-order valence-corrected chi connectivity index (χ3v) is 7.86. The Morgan fingerprint density at radius 3 is 2.67 bits per heavy atom. The first kappa shape index (κ1) is 14.0. The molecule has 0 aromatic rings. The Bertz CT molecular complexity index is 504. The maximum atomic E-state index is 11.7. The zero-order chi connectivity index (χ0) is 14.8. The summed E-state index contributed by atoms with van der Waals surface area (Å²) in [4.78, 5) is 11.7. The molecule has 0 aromatic heterocycles. The molecule has 116 valence electrons. The van der Waals surface area contributed by atoms with E-state index >= 15 is 0 Å². The molecular formula is C19H28O2. The molecule has 4 rings (SSSR count). The molecule has 0 saturated heterocycles. The molecule has 4 aliphatic carbocycles. The van der Waals surface area contributed by atoms with Gasteiger partial charge in [0, 0.05) is 6.42 Å². The lowest BCUT2D eigenvalue weighted by molar-refractivity contribution is -0.117. The third kappa shape index (κ3) is 1.84. The van der Waals surface area contributed by atoms with Gasteiger partial charge in [-0.1, -0.05) is 12.5 Å². The molecular weight excluding hydrogens is 260 g/mol. The lowest BCUT2D eigenvalue weighted by atomic mass is 9.51. The largest absolute Gasteiger partial charge is 0.390 e. The second kappa shape index (κ2) is 4.44. The van der Waals surface area contributed by atoms with Crippen molar-refractivity contribution < 1.29 is 9.90 Å². The summed E-state index contributed by atoms with van der Waals surface area (Å²) in [5.74, 6) is 3.30. The molecule has 21 heavy (non-hydrogen) atoms. The van der Waals surface area contributed by atoms with Gasteiger partial charge >= 0.3 is 0 Å². The summed E-state index contributed by atoms with van der Waals surface area (Å²) in [5, 5.41) is 10.9. The van der Waals surface area contributed by atoms with Crippen LogP contribution in [0.25, 0.3) is 0 Å². The topological polar surface area (TPSA) is 37.3 Å². The van der Waals surface area contributed by atoms with Crippen LogP contribution in [-0.2, 0) is 4.79 Å². The lowest BCUT2D eigenvalue weighted by Gasteiger charge is -2.55. The van der Waals surface area contributed by atoms with E-state index < -0.39 is 5.60 Å². The fourth-order valence-electron chi connectivity index (χ4n) is 6.42. The van der Waals surface area contributed by atoms with Crippen molar-refractivity contribution in [1.82, 2.24) is 0 Å². The van der Waals surface area contributed by atoms with Crippen LogP contribution in [0.2, 0.25) is 0 Å². The summed E-state index contributed by atoms with van der Waals surface area (Å²) in [6.45, 7) is 4.41. The van der Waals surface area contributed by atoms with Crippen LogP contribution in [0.3, 0.4) is 0 Å². The van der Waals surface area contributed by atoms with E-state index in [2.05, 4.69) is 13.8 Å². The van der Waals surface area contributed by atoms with E-state index in [4.69, 9.17) is 0 Å². The van der Waals surface area contributed by atoms with Gasteiger partial charge in [-0.2, -0.15) is 0 Å². The van der Waals surface area contributed by atoms with Crippen LogP contribution in [0.5, 0.6) is 0 Å². The van der Waals surface area contributed by atoms with Gasteiger partial charge in [0.2, 0.25) is 0 Å². The van der Waals surface area contributed by atoms with Crippen LogP contribution in [-0.4, -0.2) is 16.5 Å². The van der Waals surface area contributed by atoms with Crippen molar-refractivity contribution in [1.29, 1.82) is 0 Å². The van der Waals surface area contributed by atoms with Gasteiger partial charge in [-0.05, 0) is 87.0 Å². The van der Waals surface area contributed by atoms with Crippen molar-refractivity contribution in [2.75, 3.05) is 0 Å². The van der Waals surface area contributed by atoms with Gasteiger partial charge in [0.15, 0.2) is 5.78 Å². The Morgan fingerprint density at radius 2 is 1.86 bits per heavy atom. The van der Waals surface area contributed by atoms with Crippen LogP contribution >= 0.6 is 0 Å². The van der Waals surface area contributed by atoms with Crippen molar-refractivity contribution in [2.45, 2.75) is 70.8 Å². The average molecular weight is 288 g/mol. The van der Waals surface area contributed by atoms with E-state index in [0.29, 0.717) is 17.6 Å². The van der Waals surface area contributed by atoms with Gasteiger partial charge in [-0.25, -0.2) is 0 Å². The summed E-state index contributed by atoms with van der Waals surface area (Å²) in [6.07, 6.45) is 10.8. The Labute approximate surface area is 128 Å². The minimum absolute atomic E-state index is 0.125. The average Bonchev–Trinajstić information content (AvgIpc) is 2.69. The molecule has 0 spiro atoms. The highest BCUT2D eigenvalue weighted by Crippen LogP contribution is 2.64. The van der Waals surface area contributed by atoms with E-state index in [1.807, 2.05) is 6.08 Å². The fourth-order valence-corrected chi connectivity index (χ4v) is 6.42. The van der Waals surface area contributed by atoms with Crippen molar-refractivity contribution in [2.24, 2.45) is 29.1 Å². The van der Waals surface area contributed by atoms with Gasteiger partial charge in [-0.15, -0.1) is 0 Å². The summed E-state index contributed by atoms with van der Waals surface area (Å²) in [5.41, 5.74) is 1.11. The fraction of sp³-hybridized carbons (Fsp3) is 0.842. The number of hydrogen-bond acceptors (Lipinski definition) is 2. The first-order valence-electron chi connectivity index (χ1n) is 8.88. The predicted molar refractivity (Wildman–Crippen MR) is 82.7 cm³/mol. The summed E-state index contributed by atoms with van der Waals surface area (Å²) >= 11 is 0. The molecule has 1 N–H and O–H groups in total. The minimum Gasteiger partial charge on any atom is -0.390 e. The maximum Gasteiger partial charge on any atom is 0.155 e. The summed E-state index contributed by atoms with van der Waals surface area (Å²) < 4.78 is 0. The van der Waals surface area contributed by atoms with Crippen LogP contribution < -0.4 is 0 Å². The number of rotatable bonds is 0. The number of ketones is 1. The molecule has 0 radical (unpaired) electrons. The summed E-state index contributed by atoms with van der Waals surface area (Å²) in [6, 6.07) is 0. The predicted octanol–water partition coefficient (Wildman–Crippen LogP) is 3.88. The van der Waals surface area contributed by atoms with Gasteiger partial charge < -0.3 is 5.11 Å². The van der Waals surface area contributed by atoms with E-state index in [1.54, 1.807) is 0 Å². The number of fused-ring (bicyclic) bond motifs is 5. The molecule has 0 unspecified atom stereocenters. The Hall–Kier alpha value is -0.630. The molecule has 0 heterocycles. The Kier molecular flexibility index (Phi) is 2.96. The zero-order valence-electron chi connectivity index (χ0n) is 13.4. The first-order chi connectivity index (χ1) is 9.92. The molecule has 0 amide bonds. The van der Waals surface area contributed by atoms with E-state index in [-0.39, 0.29) is 5.41 Å². The van der Waals surface area contributed by atoms with Gasteiger partial charge in [0.1, 0.15) is 0 Å². The molecule has 4 aliphatic rings. The van der Waals surface area contributed by atoms with Gasteiger partial charge in [0.05, 0.1) is 5.60 Å². The maximum absolute atomic E-state index is 11.7. The normalized spacial score (nSPS) is 52.7. The van der Waals surface area contributed by atoms with Crippen LogP contribution in [0.15, 0.2) is 11.6 Å². The van der Waals surface area contributed by atoms with Crippen molar-refractivity contribution in [3.05, 3.63) is 11.6 Å². The number of hydrogen-bond donors (Lipinski definition) is 1. The lowest BCUT2D eigenvalue weighted by Crippen LogP contribution is -2.51. The smallest absolute Gasteiger partial charge is 0.155 e. The number of carbonyl (C=O) groups is 1. The monoisotopic (exact) mass is 288 g/mol. The standard InChI is InChI=1S/C19H28O2/c1-18-9-7-15-14-6-4-13(20)11-12(14)3-5-16(15)17(18)8-10-19(18,2)21/h11,14-17,21H,3-10H2,1-2H3/t14-,15+,16+,17+,18+,19+/m1/s1. The van der Waals surface area contributed by atoms with Crippen LogP contribution in [0.1, 0.15) is 65.2 Å². The highest BCUT2D eigenvalue weighted by molar-refractivity contribution is 5.91. The van der Waals surface area contributed by atoms with E-state index in [9.17, 15) is 9.90 Å². The Balaban J connectivity index is 1.64. The van der Waals surface area contributed by atoms with Gasteiger partial charge in [0.25, 0.3) is 0 Å². The second-order valence-electron chi connectivity index (χ2n) is 8.57. The van der Waals surface area contributed by atoms with Gasteiger partial charge in [-0.3, -0.25) is 4.79 Å². The molecule has 0 aromatic carbocycles. The van der Waals surface area contributed by atoms with Crippen molar-refractivity contribution >= 4 is 5.78 Å². The molecule has 6 atom stereocenters. The number of aliphatic hydroxyl groups is 1. The number of allylic oxidation sites excluding steroid dienone is 1. The molecule has 3 saturated carbocycles. The summed E-state index contributed by atoms with van der Waals surface area (Å²) in [7, 11) is 0. The quantitative estimate of drug-likeness (QED) is 0.734. The highest BCUT2D eigenvalue weighted by Gasteiger charge is 2.60.